The van der Waals surface area contributed by atoms with Crippen LogP contribution in [-0.2, 0) is 0 Å². The molecule has 1 saturated heterocycles. The lowest BCUT2D eigenvalue weighted by molar-refractivity contribution is 0.201. The summed E-state index contributed by atoms with van der Waals surface area (Å²) in [5.41, 5.74) is 0.754. The number of rotatable bonds is 3. The van der Waals surface area contributed by atoms with E-state index in [1.54, 1.807) is 0 Å². The van der Waals surface area contributed by atoms with Crippen LogP contribution in [0, 0.1) is 17.3 Å². The van der Waals surface area contributed by atoms with E-state index in [1.807, 2.05) is 0 Å². The summed E-state index contributed by atoms with van der Waals surface area (Å²) in [5, 5.41) is 0. The van der Waals surface area contributed by atoms with Crippen LogP contribution in [0.25, 0.3) is 0 Å². The first kappa shape index (κ1) is 10.5. The summed E-state index contributed by atoms with van der Waals surface area (Å²) in [5.74, 6) is 1.91. The highest BCUT2D eigenvalue weighted by atomic mass is 15.2. The minimum Gasteiger partial charge on any atom is -0.301 e. The second-order valence-electron chi connectivity index (χ2n) is 5.96. The Balaban J connectivity index is 1.96. The Kier molecular flexibility index (Phi) is 2.63. The summed E-state index contributed by atoms with van der Waals surface area (Å²) < 4.78 is 0. The molecule has 0 amide bonds. The molecule has 14 heavy (non-hydrogen) atoms. The predicted octanol–water partition coefficient (Wildman–Crippen LogP) is 3.15. The lowest BCUT2D eigenvalue weighted by atomic mass is 9.79. The van der Waals surface area contributed by atoms with Gasteiger partial charge in [0, 0.05) is 12.6 Å². The van der Waals surface area contributed by atoms with Crippen LogP contribution in [0.2, 0.25) is 0 Å². The molecule has 1 heterocycles. The van der Waals surface area contributed by atoms with Gasteiger partial charge in [-0.25, -0.2) is 0 Å². The molecule has 1 aliphatic carbocycles. The van der Waals surface area contributed by atoms with Crippen LogP contribution in [0.5, 0.6) is 0 Å². The van der Waals surface area contributed by atoms with Gasteiger partial charge in [-0.3, -0.25) is 0 Å². The monoisotopic (exact) mass is 195 g/mol. The summed E-state index contributed by atoms with van der Waals surface area (Å²) in [4.78, 5) is 2.66. The van der Waals surface area contributed by atoms with Crippen LogP contribution in [0.3, 0.4) is 0 Å². The fourth-order valence-electron chi connectivity index (χ4n) is 3.33. The minimum atomic E-state index is 0.753. The Bertz CT molecular complexity index is 203. The van der Waals surface area contributed by atoms with E-state index in [9.17, 15) is 0 Å². The molecule has 1 nitrogen and oxygen atoms in total. The molecule has 1 aliphatic heterocycles. The molecule has 82 valence electrons. The maximum absolute atomic E-state index is 2.66. The van der Waals surface area contributed by atoms with Gasteiger partial charge in [-0.15, -0.1) is 0 Å². The van der Waals surface area contributed by atoms with Crippen molar-refractivity contribution in [1.82, 2.24) is 4.90 Å². The normalized spacial score (nSPS) is 31.7. The zero-order chi connectivity index (χ0) is 10.3. The van der Waals surface area contributed by atoms with E-state index in [2.05, 4.69) is 32.6 Å². The van der Waals surface area contributed by atoms with Gasteiger partial charge in [0.05, 0.1) is 0 Å². The van der Waals surface area contributed by atoms with Crippen molar-refractivity contribution in [2.75, 3.05) is 13.1 Å². The molecule has 0 aromatic rings. The fraction of sp³-hybridized carbons (Fsp3) is 1.00. The molecule has 0 N–H and O–H groups in total. The van der Waals surface area contributed by atoms with Gasteiger partial charge >= 0.3 is 0 Å². The molecule has 0 bridgehead atoms. The quantitative estimate of drug-likeness (QED) is 0.668. The van der Waals surface area contributed by atoms with E-state index in [1.165, 1.54) is 32.4 Å². The largest absolute Gasteiger partial charge is 0.301 e. The van der Waals surface area contributed by atoms with E-state index in [4.69, 9.17) is 0 Å². The molecule has 1 saturated carbocycles. The van der Waals surface area contributed by atoms with Crippen LogP contribution in [0.1, 0.15) is 47.0 Å². The second kappa shape index (κ2) is 3.52. The SMILES string of the molecule is CC(C)N1CCC(C2(C(C)C)CC2)C1. The zero-order valence-corrected chi connectivity index (χ0v) is 10.2. The summed E-state index contributed by atoms with van der Waals surface area (Å²) in [6.45, 7) is 12.2. The van der Waals surface area contributed by atoms with Crippen molar-refractivity contribution >= 4 is 0 Å². The van der Waals surface area contributed by atoms with Crippen molar-refractivity contribution in [2.45, 2.75) is 53.0 Å². The molecular formula is C13H25N. The summed E-state index contributed by atoms with van der Waals surface area (Å²) in [7, 11) is 0. The molecule has 0 spiro atoms. The van der Waals surface area contributed by atoms with Gasteiger partial charge in [-0.05, 0) is 56.9 Å². The molecule has 2 aliphatic rings. The maximum Gasteiger partial charge on any atom is 0.00387 e. The molecule has 1 heteroatoms. The Morgan fingerprint density at radius 2 is 1.79 bits per heavy atom. The van der Waals surface area contributed by atoms with E-state index in [-0.39, 0.29) is 0 Å². The second-order valence-corrected chi connectivity index (χ2v) is 5.96. The maximum atomic E-state index is 2.66. The van der Waals surface area contributed by atoms with Gasteiger partial charge < -0.3 is 4.90 Å². The van der Waals surface area contributed by atoms with Gasteiger partial charge in [-0.1, -0.05) is 13.8 Å². The smallest absolute Gasteiger partial charge is 0.00387 e. The molecule has 1 atom stereocenters. The van der Waals surface area contributed by atoms with Crippen LogP contribution in [-0.4, -0.2) is 24.0 Å². The van der Waals surface area contributed by atoms with E-state index < -0.39 is 0 Å². The molecule has 0 aromatic heterocycles. The van der Waals surface area contributed by atoms with E-state index in [0.717, 1.165) is 23.3 Å². The first-order chi connectivity index (χ1) is 6.56. The highest BCUT2D eigenvalue weighted by Gasteiger charge is 2.52. The van der Waals surface area contributed by atoms with E-state index >= 15 is 0 Å². The first-order valence-corrected chi connectivity index (χ1v) is 6.30. The molecule has 0 aromatic carbocycles. The van der Waals surface area contributed by atoms with Crippen LogP contribution >= 0.6 is 0 Å². The third-order valence-electron chi connectivity index (χ3n) is 4.74. The summed E-state index contributed by atoms with van der Waals surface area (Å²) >= 11 is 0. The van der Waals surface area contributed by atoms with Crippen molar-refractivity contribution in [3.63, 3.8) is 0 Å². The lowest BCUT2D eigenvalue weighted by Crippen LogP contribution is -2.31. The van der Waals surface area contributed by atoms with Gasteiger partial charge in [0.2, 0.25) is 0 Å². The number of nitrogens with zero attached hydrogens (tertiary/aromatic N) is 1. The van der Waals surface area contributed by atoms with Gasteiger partial charge in [0.15, 0.2) is 0 Å². The van der Waals surface area contributed by atoms with Crippen molar-refractivity contribution in [3.8, 4) is 0 Å². The fourth-order valence-corrected chi connectivity index (χ4v) is 3.33. The molecule has 2 fully saturated rings. The van der Waals surface area contributed by atoms with Crippen LogP contribution < -0.4 is 0 Å². The molecule has 1 unspecified atom stereocenters. The number of likely N-dealkylation sites (tertiary alicyclic amines) is 1. The Labute approximate surface area is 88.9 Å². The average Bonchev–Trinajstić information content (AvgIpc) is 2.77. The molecular weight excluding hydrogens is 170 g/mol. The lowest BCUT2D eigenvalue weighted by Gasteiger charge is -2.28. The minimum absolute atomic E-state index is 0.753. The van der Waals surface area contributed by atoms with Crippen molar-refractivity contribution in [2.24, 2.45) is 17.3 Å². The zero-order valence-electron chi connectivity index (χ0n) is 10.2. The van der Waals surface area contributed by atoms with E-state index in [0.29, 0.717) is 0 Å². The molecule has 2 rings (SSSR count). The standard InChI is InChI=1S/C13H25N/c1-10(2)13(6-7-13)12-5-8-14(9-12)11(3)4/h10-12H,5-9H2,1-4H3. The average molecular weight is 195 g/mol. The van der Waals surface area contributed by atoms with Crippen molar-refractivity contribution < 1.29 is 0 Å². The highest BCUT2D eigenvalue weighted by molar-refractivity contribution is 5.03. The number of hydrogen-bond donors (Lipinski definition) is 0. The number of hydrogen-bond acceptors (Lipinski definition) is 1. The first-order valence-electron chi connectivity index (χ1n) is 6.30. The van der Waals surface area contributed by atoms with Crippen molar-refractivity contribution in [3.05, 3.63) is 0 Å². The predicted molar refractivity (Wildman–Crippen MR) is 61.3 cm³/mol. The Morgan fingerprint density at radius 3 is 2.14 bits per heavy atom. The van der Waals surface area contributed by atoms with Gasteiger partial charge in [-0.2, -0.15) is 0 Å². The Morgan fingerprint density at radius 1 is 1.14 bits per heavy atom. The van der Waals surface area contributed by atoms with Gasteiger partial charge in [0.25, 0.3) is 0 Å². The van der Waals surface area contributed by atoms with Crippen LogP contribution in [0.4, 0.5) is 0 Å². The van der Waals surface area contributed by atoms with Crippen LogP contribution in [0.15, 0.2) is 0 Å². The summed E-state index contributed by atoms with van der Waals surface area (Å²) in [6, 6.07) is 0.753. The topological polar surface area (TPSA) is 3.24 Å². The van der Waals surface area contributed by atoms with Gasteiger partial charge in [0.1, 0.15) is 0 Å². The highest BCUT2D eigenvalue weighted by Crippen LogP contribution is 2.59. The Hall–Kier alpha value is -0.0400. The van der Waals surface area contributed by atoms with Crippen molar-refractivity contribution in [1.29, 1.82) is 0 Å². The molecule has 0 radical (unpaired) electrons. The summed E-state index contributed by atoms with van der Waals surface area (Å²) in [6.07, 6.45) is 4.46. The third kappa shape index (κ3) is 1.60. The third-order valence-corrected chi connectivity index (χ3v) is 4.74.